The van der Waals surface area contributed by atoms with Gasteiger partial charge in [0, 0.05) is 30.6 Å². The minimum absolute atomic E-state index is 0.116. The molecule has 5 rings (SSSR count). The lowest BCUT2D eigenvalue weighted by Gasteiger charge is -2.29. The Morgan fingerprint density at radius 3 is 2.42 bits per heavy atom. The fourth-order valence-corrected chi connectivity index (χ4v) is 6.02. The molecule has 3 aromatic carbocycles. The molecule has 4 aromatic rings. The van der Waals surface area contributed by atoms with Crippen LogP contribution in [0.2, 0.25) is 0 Å². The number of methoxy groups -OCH3 is 1. The van der Waals surface area contributed by atoms with Crippen LogP contribution in [0.4, 0.5) is 21.9 Å². The molecule has 1 fully saturated rings. The molecular weight excluding hydrogens is 689 g/mol. The van der Waals surface area contributed by atoms with E-state index < -0.39 is 6.03 Å². The largest absolute Gasteiger partial charge is 0.492 e. The van der Waals surface area contributed by atoms with Crippen LogP contribution in [-0.4, -0.2) is 66.1 Å². The van der Waals surface area contributed by atoms with Crippen molar-refractivity contribution in [3.05, 3.63) is 109 Å². The van der Waals surface area contributed by atoms with Gasteiger partial charge in [0.2, 0.25) is 0 Å². The Balaban J connectivity index is 1.42. The summed E-state index contributed by atoms with van der Waals surface area (Å²) in [6.45, 7) is 15.9. The van der Waals surface area contributed by atoms with Gasteiger partial charge >= 0.3 is 6.03 Å². The van der Waals surface area contributed by atoms with Gasteiger partial charge in [0.05, 0.1) is 55.5 Å². The number of ether oxygens (including phenoxy) is 3. The van der Waals surface area contributed by atoms with Gasteiger partial charge in [-0.25, -0.2) is 26.5 Å². The Morgan fingerprint density at radius 1 is 1.06 bits per heavy atom. The van der Waals surface area contributed by atoms with E-state index in [9.17, 15) is 4.79 Å². The fourth-order valence-electron chi connectivity index (χ4n) is 5.85. The predicted octanol–water partition coefficient (Wildman–Crippen LogP) is 7.02. The van der Waals surface area contributed by atoms with E-state index in [4.69, 9.17) is 48.1 Å². The zero-order chi connectivity index (χ0) is 38.1. The number of allylic oxidation sites excluding steroid dienone is 3. The SMILES string of the molecule is C=C/C=C\C(=C/C)COC(=S)Nc1cc(C(C)(C)C)cc(N(N)C(=O)N(N)c2ccc(-c3cnc(CN4CCOCC4)cn3)c3ccccc23)c1OC. The minimum Gasteiger partial charge on any atom is -0.492 e. The molecule has 5 N–H and O–H groups in total. The molecule has 1 saturated heterocycles. The number of nitrogens with two attached hydrogens (primary N) is 2. The van der Waals surface area contributed by atoms with Crippen molar-refractivity contribution in [1.82, 2.24) is 14.9 Å². The van der Waals surface area contributed by atoms with E-state index >= 15 is 0 Å². The summed E-state index contributed by atoms with van der Waals surface area (Å²) in [6.07, 6.45) is 10.9. The number of nitrogens with zero attached hydrogens (tertiary/aromatic N) is 5. The number of amides is 2. The maximum Gasteiger partial charge on any atom is 0.357 e. The zero-order valence-corrected chi connectivity index (χ0v) is 31.8. The van der Waals surface area contributed by atoms with E-state index in [1.54, 1.807) is 30.6 Å². The maximum absolute atomic E-state index is 14.1. The molecule has 2 amide bonds. The molecule has 0 spiro atoms. The Bertz CT molecular complexity index is 2000. The third kappa shape index (κ3) is 9.44. The first-order valence-electron chi connectivity index (χ1n) is 17.3. The number of hydrogen-bond donors (Lipinski definition) is 3. The molecule has 1 aliphatic heterocycles. The number of carbonyl (C=O) groups excluding carboxylic acids is 1. The molecule has 12 nitrogen and oxygen atoms in total. The number of anilines is 3. The second kappa shape index (κ2) is 17.6. The first kappa shape index (κ1) is 39.0. The Kier molecular flexibility index (Phi) is 12.9. The van der Waals surface area contributed by atoms with Crippen LogP contribution in [0.15, 0.2) is 97.4 Å². The van der Waals surface area contributed by atoms with Crippen LogP contribution in [0.5, 0.6) is 5.75 Å². The highest BCUT2D eigenvalue weighted by Gasteiger charge is 2.28. The first-order chi connectivity index (χ1) is 25.4. The van der Waals surface area contributed by atoms with Crippen molar-refractivity contribution in [2.24, 2.45) is 11.7 Å². The zero-order valence-electron chi connectivity index (χ0n) is 31.0. The van der Waals surface area contributed by atoms with Gasteiger partial charge in [-0.1, -0.05) is 75.9 Å². The summed E-state index contributed by atoms with van der Waals surface area (Å²) >= 11 is 5.54. The van der Waals surface area contributed by atoms with Crippen LogP contribution in [-0.2, 0) is 21.4 Å². The first-order valence-corrected chi connectivity index (χ1v) is 17.7. The third-order valence-electron chi connectivity index (χ3n) is 8.87. The molecule has 13 heteroatoms. The highest BCUT2D eigenvalue weighted by atomic mass is 32.1. The lowest BCUT2D eigenvalue weighted by Crippen LogP contribution is -2.51. The number of fused-ring (bicyclic) bond motifs is 1. The standard InChI is InChI=1S/C40H48N8O4S/c1-7-9-12-27(8-2)26-52-38(53)45-33-21-28(40(3,4)5)22-36(37(33)50-6)48(42)39(49)47(41)35-16-15-31(30-13-10-11-14-32(30)35)34-24-43-29(23-44-34)25-46-17-19-51-20-18-46/h7-16,21-24H,1,17-20,25-26,41-42H2,2-6H3,(H,45,53)/b12-9-,27-8+. The Morgan fingerprint density at radius 2 is 1.77 bits per heavy atom. The second-order valence-corrected chi connectivity index (χ2v) is 13.8. The number of nitrogens with one attached hydrogen (secondary N) is 1. The topological polar surface area (TPSA) is 144 Å². The van der Waals surface area contributed by atoms with Crippen molar-refractivity contribution in [3.8, 4) is 17.0 Å². The summed E-state index contributed by atoms with van der Waals surface area (Å²) in [5.74, 6) is 13.5. The van der Waals surface area contributed by atoms with Crippen molar-refractivity contribution in [2.45, 2.75) is 39.7 Å². The summed E-state index contributed by atoms with van der Waals surface area (Å²) in [6, 6.07) is 14.3. The van der Waals surface area contributed by atoms with Gasteiger partial charge in [0.25, 0.3) is 5.17 Å². The molecule has 0 aliphatic carbocycles. The van der Waals surface area contributed by atoms with Crippen LogP contribution in [0, 0.1) is 0 Å². The van der Waals surface area contributed by atoms with Crippen LogP contribution < -0.4 is 31.8 Å². The van der Waals surface area contributed by atoms with Crippen LogP contribution >= 0.6 is 12.2 Å². The van der Waals surface area contributed by atoms with Gasteiger partial charge in [0.15, 0.2) is 5.75 Å². The number of aromatic nitrogens is 2. The second-order valence-electron chi connectivity index (χ2n) is 13.5. The number of rotatable bonds is 11. The molecule has 1 aromatic heterocycles. The number of carbonyl (C=O) groups is 1. The number of thiocarbonyl (C=S) groups is 1. The summed E-state index contributed by atoms with van der Waals surface area (Å²) in [4.78, 5) is 25.9. The summed E-state index contributed by atoms with van der Waals surface area (Å²) in [5.41, 5.74) is 5.08. The van der Waals surface area contributed by atoms with Crippen molar-refractivity contribution in [1.29, 1.82) is 0 Å². The van der Waals surface area contributed by atoms with Gasteiger partial charge in [0.1, 0.15) is 12.3 Å². The van der Waals surface area contributed by atoms with E-state index in [1.807, 2.05) is 61.5 Å². The van der Waals surface area contributed by atoms with Crippen molar-refractivity contribution < 1.29 is 19.0 Å². The highest BCUT2D eigenvalue weighted by Crippen LogP contribution is 2.41. The van der Waals surface area contributed by atoms with Gasteiger partial charge in [-0.05, 0) is 65.3 Å². The lowest BCUT2D eigenvalue weighted by atomic mass is 9.86. The van der Waals surface area contributed by atoms with E-state index in [0.717, 1.165) is 69.5 Å². The maximum atomic E-state index is 14.1. The fraction of sp³-hybridized carbons (Fsp3) is 0.300. The summed E-state index contributed by atoms with van der Waals surface area (Å²) in [7, 11) is 1.49. The summed E-state index contributed by atoms with van der Waals surface area (Å²) in [5, 5.41) is 6.83. The molecule has 0 atom stereocenters. The van der Waals surface area contributed by atoms with Crippen LogP contribution in [0.1, 0.15) is 39.0 Å². The molecule has 1 aliphatic rings. The third-order valence-corrected chi connectivity index (χ3v) is 9.09. The number of urea groups is 1. The molecule has 53 heavy (non-hydrogen) atoms. The van der Waals surface area contributed by atoms with Gasteiger partial charge < -0.3 is 19.5 Å². The van der Waals surface area contributed by atoms with Gasteiger partial charge in [-0.2, -0.15) is 0 Å². The normalized spacial score (nSPS) is 13.9. The average Bonchev–Trinajstić information content (AvgIpc) is 3.16. The number of hydrogen-bond acceptors (Lipinski definition) is 10. The Hall–Kier alpha value is -5.18. The summed E-state index contributed by atoms with van der Waals surface area (Å²) < 4.78 is 17.1. The van der Waals surface area contributed by atoms with E-state index in [0.29, 0.717) is 23.6 Å². The van der Waals surface area contributed by atoms with E-state index in [1.165, 1.54) is 7.11 Å². The van der Waals surface area contributed by atoms with E-state index in [-0.39, 0.29) is 28.6 Å². The number of hydrazine groups is 2. The molecule has 0 radical (unpaired) electrons. The minimum atomic E-state index is -0.698. The van der Waals surface area contributed by atoms with Crippen molar-refractivity contribution in [3.63, 3.8) is 0 Å². The predicted molar refractivity (Wildman–Crippen MR) is 217 cm³/mol. The Labute approximate surface area is 316 Å². The lowest BCUT2D eigenvalue weighted by molar-refractivity contribution is 0.0336. The smallest absolute Gasteiger partial charge is 0.357 e. The van der Waals surface area contributed by atoms with Crippen molar-refractivity contribution in [2.75, 3.05) is 55.4 Å². The van der Waals surface area contributed by atoms with Crippen LogP contribution in [0.3, 0.4) is 0 Å². The monoisotopic (exact) mass is 736 g/mol. The molecule has 0 saturated carbocycles. The molecule has 2 heterocycles. The molecular formula is C40H48N8O4S. The quantitative estimate of drug-likeness (QED) is 0.0481. The number of morpholine rings is 1. The van der Waals surface area contributed by atoms with Crippen LogP contribution in [0.25, 0.3) is 22.0 Å². The molecule has 278 valence electrons. The molecule has 0 unspecified atom stereocenters. The van der Waals surface area contributed by atoms with Crippen molar-refractivity contribution >= 4 is 51.3 Å². The number of benzene rings is 3. The molecule has 0 bridgehead atoms. The highest BCUT2D eigenvalue weighted by molar-refractivity contribution is 7.80. The average molecular weight is 737 g/mol. The van der Waals surface area contributed by atoms with E-state index in [2.05, 4.69) is 37.6 Å². The van der Waals surface area contributed by atoms with Gasteiger partial charge in [-0.3, -0.25) is 14.9 Å². The van der Waals surface area contributed by atoms with Gasteiger partial charge in [-0.15, -0.1) is 0 Å².